The van der Waals surface area contributed by atoms with Gasteiger partial charge in [-0.15, -0.1) is 0 Å². The molecule has 0 radical (unpaired) electrons. The van der Waals surface area contributed by atoms with Crippen LogP contribution in [0.5, 0.6) is 0 Å². The molecule has 1 aromatic rings. The van der Waals surface area contributed by atoms with E-state index in [0.717, 1.165) is 44.1 Å². The largest absolute Gasteiger partial charge is 0.338 e. The molecule has 0 bridgehead atoms. The normalized spacial score (nSPS) is 22.5. The summed E-state index contributed by atoms with van der Waals surface area (Å²) in [5, 5.41) is 0. The van der Waals surface area contributed by atoms with Crippen molar-refractivity contribution in [2.75, 3.05) is 31.1 Å². The van der Waals surface area contributed by atoms with Gasteiger partial charge in [0.25, 0.3) is 0 Å². The summed E-state index contributed by atoms with van der Waals surface area (Å²) < 4.78 is 0. The predicted molar refractivity (Wildman–Crippen MR) is 78.3 cm³/mol. The number of piperazine rings is 1. The van der Waals surface area contributed by atoms with Crippen molar-refractivity contribution in [3.05, 3.63) is 18.0 Å². The molecule has 1 fully saturated rings. The van der Waals surface area contributed by atoms with Crippen molar-refractivity contribution in [3.8, 4) is 0 Å². The van der Waals surface area contributed by atoms with Crippen molar-refractivity contribution in [2.45, 2.75) is 39.3 Å². The van der Waals surface area contributed by atoms with Crippen LogP contribution in [0.3, 0.4) is 0 Å². The van der Waals surface area contributed by atoms with Gasteiger partial charge in [-0.05, 0) is 32.4 Å². The average molecular weight is 263 g/mol. The summed E-state index contributed by atoms with van der Waals surface area (Å²) in [6.07, 6.45) is 4.64. The topological polar surface area (TPSA) is 58.3 Å². The van der Waals surface area contributed by atoms with Gasteiger partial charge < -0.3 is 10.6 Å². The number of hydrogen-bond donors (Lipinski definition) is 1. The van der Waals surface area contributed by atoms with Crippen LogP contribution in [0.25, 0.3) is 0 Å². The minimum atomic E-state index is 0.155. The summed E-state index contributed by atoms with van der Waals surface area (Å²) >= 11 is 0. The first-order valence-corrected chi connectivity index (χ1v) is 7.15. The fourth-order valence-electron chi connectivity index (χ4n) is 2.64. The highest BCUT2D eigenvalue weighted by atomic mass is 15.3. The molecule has 0 saturated carbocycles. The minimum Gasteiger partial charge on any atom is -0.338 e. The van der Waals surface area contributed by atoms with E-state index < -0.39 is 0 Å². The van der Waals surface area contributed by atoms with E-state index in [0.29, 0.717) is 6.04 Å². The van der Waals surface area contributed by atoms with Gasteiger partial charge in [-0.2, -0.15) is 0 Å². The van der Waals surface area contributed by atoms with Crippen molar-refractivity contribution in [3.63, 3.8) is 0 Å². The van der Waals surface area contributed by atoms with E-state index >= 15 is 0 Å². The Morgan fingerprint density at radius 2 is 2.05 bits per heavy atom. The number of likely N-dealkylation sites (N-methyl/N-ethyl adjacent to an activating group) is 1. The zero-order chi connectivity index (χ0) is 13.8. The summed E-state index contributed by atoms with van der Waals surface area (Å²) in [6, 6.07) is 0.716. The second-order valence-corrected chi connectivity index (χ2v) is 5.50. The van der Waals surface area contributed by atoms with E-state index in [-0.39, 0.29) is 6.04 Å². The molecule has 1 aromatic heterocycles. The first-order chi connectivity index (χ1) is 9.10. The highest BCUT2D eigenvalue weighted by Gasteiger charge is 2.23. The number of aromatic nitrogens is 2. The van der Waals surface area contributed by atoms with Gasteiger partial charge >= 0.3 is 0 Å². The molecule has 1 saturated heterocycles. The highest BCUT2D eigenvalue weighted by molar-refractivity contribution is 5.31. The van der Waals surface area contributed by atoms with Crippen LogP contribution in [0.1, 0.15) is 26.3 Å². The molecule has 5 heteroatoms. The highest BCUT2D eigenvalue weighted by Crippen LogP contribution is 2.15. The minimum absolute atomic E-state index is 0.155. The molecule has 5 nitrogen and oxygen atoms in total. The Balaban J connectivity index is 1.99. The molecule has 2 atom stereocenters. The van der Waals surface area contributed by atoms with E-state index in [1.807, 2.05) is 19.3 Å². The Morgan fingerprint density at radius 1 is 1.37 bits per heavy atom. The SMILES string of the molecule is CCN1CCN(c2ncc(CC(C)N)cn2)CC1C. The van der Waals surface area contributed by atoms with Crippen LogP contribution >= 0.6 is 0 Å². The van der Waals surface area contributed by atoms with Crippen LogP contribution in [-0.4, -0.2) is 53.1 Å². The lowest BCUT2D eigenvalue weighted by Crippen LogP contribution is -2.52. The molecule has 0 spiro atoms. The molecule has 0 amide bonds. The molecule has 1 aliphatic heterocycles. The standard InChI is InChI=1S/C14H25N5/c1-4-18-5-6-19(10-12(18)3)14-16-8-13(9-17-14)7-11(2)15/h8-9,11-12H,4-7,10,15H2,1-3H3. The molecule has 2 heterocycles. The molecule has 2 N–H and O–H groups in total. The third-order valence-corrected chi connectivity index (χ3v) is 3.70. The number of rotatable bonds is 4. The maximum absolute atomic E-state index is 5.78. The van der Waals surface area contributed by atoms with Crippen molar-refractivity contribution >= 4 is 5.95 Å². The molecule has 1 aliphatic rings. The molecule has 2 unspecified atom stereocenters. The fourth-order valence-corrected chi connectivity index (χ4v) is 2.64. The van der Waals surface area contributed by atoms with Crippen molar-refractivity contribution < 1.29 is 0 Å². The molecule has 0 aromatic carbocycles. The molecule has 0 aliphatic carbocycles. The van der Waals surface area contributed by atoms with Crippen molar-refractivity contribution in [1.82, 2.24) is 14.9 Å². The summed E-state index contributed by atoms with van der Waals surface area (Å²) in [7, 11) is 0. The molecule has 2 rings (SSSR count). The van der Waals surface area contributed by atoms with Crippen LogP contribution in [0.15, 0.2) is 12.4 Å². The predicted octanol–water partition coefficient (Wildman–Crippen LogP) is 0.897. The van der Waals surface area contributed by atoms with Gasteiger partial charge in [0, 0.05) is 44.1 Å². The Labute approximate surface area is 115 Å². The Hall–Kier alpha value is -1.20. The Bertz CT molecular complexity index is 389. The number of hydrogen-bond acceptors (Lipinski definition) is 5. The second-order valence-electron chi connectivity index (χ2n) is 5.50. The Kier molecular flexibility index (Phi) is 4.71. The molecular formula is C14H25N5. The van der Waals surface area contributed by atoms with Crippen molar-refractivity contribution in [2.24, 2.45) is 5.73 Å². The second kappa shape index (κ2) is 6.30. The number of anilines is 1. The zero-order valence-corrected chi connectivity index (χ0v) is 12.2. The summed E-state index contributed by atoms with van der Waals surface area (Å²) in [4.78, 5) is 13.7. The average Bonchev–Trinajstić information content (AvgIpc) is 2.39. The number of nitrogens with two attached hydrogens (primary N) is 1. The van der Waals surface area contributed by atoms with Gasteiger partial charge in [0.05, 0.1) is 0 Å². The van der Waals surface area contributed by atoms with Gasteiger partial charge in [0.2, 0.25) is 5.95 Å². The van der Waals surface area contributed by atoms with Crippen LogP contribution in [-0.2, 0) is 6.42 Å². The van der Waals surface area contributed by atoms with E-state index in [2.05, 4.69) is 33.6 Å². The summed E-state index contributed by atoms with van der Waals surface area (Å²) in [6.45, 7) is 10.7. The Morgan fingerprint density at radius 3 is 2.58 bits per heavy atom. The van der Waals surface area contributed by atoms with E-state index in [1.54, 1.807) is 0 Å². The first-order valence-electron chi connectivity index (χ1n) is 7.15. The first kappa shape index (κ1) is 14.2. The van der Waals surface area contributed by atoms with Crippen LogP contribution < -0.4 is 10.6 Å². The van der Waals surface area contributed by atoms with Gasteiger partial charge in [0.15, 0.2) is 0 Å². The van der Waals surface area contributed by atoms with E-state index in [4.69, 9.17) is 5.73 Å². The lowest BCUT2D eigenvalue weighted by molar-refractivity contribution is 0.198. The number of nitrogens with zero attached hydrogens (tertiary/aromatic N) is 4. The zero-order valence-electron chi connectivity index (χ0n) is 12.2. The monoisotopic (exact) mass is 263 g/mol. The maximum Gasteiger partial charge on any atom is 0.225 e. The summed E-state index contributed by atoms with van der Waals surface area (Å²) in [5.74, 6) is 0.844. The van der Waals surface area contributed by atoms with E-state index in [1.165, 1.54) is 0 Å². The molecule has 106 valence electrons. The fraction of sp³-hybridized carbons (Fsp3) is 0.714. The molecular weight excluding hydrogens is 238 g/mol. The summed E-state index contributed by atoms with van der Waals surface area (Å²) in [5.41, 5.74) is 6.89. The lowest BCUT2D eigenvalue weighted by Gasteiger charge is -2.39. The van der Waals surface area contributed by atoms with Crippen LogP contribution in [0, 0.1) is 0 Å². The smallest absolute Gasteiger partial charge is 0.225 e. The van der Waals surface area contributed by atoms with Crippen LogP contribution in [0.4, 0.5) is 5.95 Å². The van der Waals surface area contributed by atoms with Crippen LogP contribution in [0.2, 0.25) is 0 Å². The lowest BCUT2D eigenvalue weighted by atomic mass is 10.1. The van der Waals surface area contributed by atoms with Gasteiger partial charge in [-0.3, -0.25) is 4.90 Å². The van der Waals surface area contributed by atoms with Gasteiger partial charge in [0.1, 0.15) is 0 Å². The molecule has 19 heavy (non-hydrogen) atoms. The van der Waals surface area contributed by atoms with Crippen molar-refractivity contribution in [1.29, 1.82) is 0 Å². The van der Waals surface area contributed by atoms with E-state index in [9.17, 15) is 0 Å². The van der Waals surface area contributed by atoms with Gasteiger partial charge in [-0.1, -0.05) is 6.92 Å². The third kappa shape index (κ3) is 3.64. The quantitative estimate of drug-likeness (QED) is 0.874. The van der Waals surface area contributed by atoms with Gasteiger partial charge in [-0.25, -0.2) is 9.97 Å². The third-order valence-electron chi connectivity index (χ3n) is 3.70. The maximum atomic E-state index is 5.78.